The quantitative estimate of drug-likeness (QED) is 0.505. The fourth-order valence-corrected chi connectivity index (χ4v) is 3.66. The van der Waals surface area contributed by atoms with Crippen molar-refractivity contribution in [2.75, 3.05) is 36.6 Å². The third-order valence-electron chi connectivity index (χ3n) is 4.93. The smallest absolute Gasteiger partial charge is 0.281 e. The van der Waals surface area contributed by atoms with Gasteiger partial charge in [0.05, 0.1) is 19.4 Å². The summed E-state index contributed by atoms with van der Waals surface area (Å²) < 4.78 is 11.0. The summed E-state index contributed by atoms with van der Waals surface area (Å²) in [4.78, 5) is 16.8. The lowest BCUT2D eigenvalue weighted by atomic mass is 10.1. The molecule has 30 heavy (non-hydrogen) atoms. The van der Waals surface area contributed by atoms with Crippen LogP contribution in [-0.2, 0) is 4.79 Å². The molecule has 1 amide bonds. The number of carbonyl (C=O) groups is 1. The van der Waals surface area contributed by atoms with Crippen molar-refractivity contribution in [3.63, 3.8) is 0 Å². The van der Waals surface area contributed by atoms with Gasteiger partial charge in [0.25, 0.3) is 5.91 Å². The molecule has 2 aromatic rings. The van der Waals surface area contributed by atoms with E-state index in [9.17, 15) is 4.79 Å². The highest BCUT2D eigenvalue weighted by Crippen LogP contribution is 2.30. The van der Waals surface area contributed by atoms with Gasteiger partial charge in [0, 0.05) is 30.4 Å². The maximum Gasteiger partial charge on any atom is 0.281 e. The van der Waals surface area contributed by atoms with E-state index >= 15 is 0 Å². The van der Waals surface area contributed by atoms with Crippen LogP contribution in [0.5, 0.6) is 11.5 Å². The fraction of sp³-hybridized carbons (Fsp3) is 0.304. The maximum absolute atomic E-state index is 13.0. The van der Waals surface area contributed by atoms with Crippen LogP contribution in [-0.4, -0.2) is 37.8 Å². The van der Waals surface area contributed by atoms with Gasteiger partial charge in [-0.1, -0.05) is 0 Å². The van der Waals surface area contributed by atoms with Gasteiger partial charge in [0.15, 0.2) is 5.11 Å². The Hall–Kier alpha value is -3.06. The van der Waals surface area contributed by atoms with Gasteiger partial charge in [0.1, 0.15) is 17.2 Å². The minimum Gasteiger partial charge on any atom is -0.497 e. The summed E-state index contributed by atoms with van der Waals surface area (Å²) >= 11 is 5.41. The molecule has 1 heterocycles. The van der Waals surface area contributed by atoms with Crippen LogP contribution in [0.2, 0.25) is 0 Å². The lowest BCUT2D eigenvalue weighted by Crippen LogP contribution is -2.30. The molecule has 158 valence electrons. The number of nitrogens with zero attached hydrogens (tertiary/aromatic N) is 2. The van der Waals surface area contributed by atoms with E-state index in [-0.39, 0.29) is 5.91 Å². The van der Waals surface area contributed by atoms with E-state index in [0.717, 1.165) is 35.8 Å². The average Bonchev–Trinajstić information content (AvgIpc) is 3.04. The first-order valence-corrected chi connectivity index (χ1v) is 10.5. The predicted octanol–water partition coefficient (Wildman–Crippen LogP) is 4.20. The number of methoxy groups -OCH3 is 1. The molecule has 6 nitrogen and oxygen atoms in total. The number of carbonyl (C=O) groups excluding carboxylic acids is 1. The molecule has 0 radical (unpaired) electrons. The van der Waals surface area contributed by atoms with Crippen LogP contribution in [0.15, 0.2) is 48.2 Å². The first-order valence-electron chi connectivity index (χ1n) is 10.0. The monoisotopic (exact) mass is 425 g/mol. The number of hydrogen-bond acceptors (Lipinski definition) is 5. The van der Waals surface area contributed by atoms with Crippen molar-refractivity contribution in [1.29, 1.82) is 0 Å². The van der Waals surface area contributed by atoms with E-state index in [1.807, 2.05) is 25.1 Å². The van der Waals surface area contributed by atoms with Gasteiger partial charge >= 0.3 is 0 Å². The minimum atomic E-state index is -0.208. The Labute approximate surface area is 183 Å². The number of amides is 1. The number of hydrogen-bond donors (Lipinski definition) is 1. The lowest BCUT2D eigenvalue weighted by molar-refractivity contribution is -0.113. The Bertz CT molecular complexity index is 953. The number of thiocarbonyl (C=S) groups is 1. The molecule has 0 atom stereocenters. The van der Waals surface area contributed by atoms with Crippen LogP contribution >= 0.6 is 12.2 Å². The molecule has 0 aliphatic carbocycles. The van der Waals surface area contributed by atoms with E-state index in [0.29, 0.717) is 23.1 Å². The molecule has 1 saturated heterocycles. The number of benzene rings is 2. The van der Waals surface area contributed by atoms with Gasteiger partial charge in [-0.2, -0.15) is 0 Å². The van der Waals surface area contributed by atoms with Gasteiger partial charge in [-0.25, -0.2) is 0 Å². The van der Waals surface area contributed by atoms with Gasteiger partial charge < -0.3 is 19.7 Å². The van der Waals surface area contributed by atoms with E-state index in [4.69, 9.17) is 21.7 Å². The van der Waals surface area contributed by atoms with E-state index in [1.165, 1.54) is 4.90 Å². The van der Waals surface area contributed by atoms with E-state index in [2.05, 4.69) is 24.1 Å². The van der Waals surface area contributed by atoms with Crippen LogP contribution in [0.3, 0.4) is 0 Å². The summed E-state index contributed by atoms with van der Waals surface area (Å²) in [7, 11) is 1.60. The summed E-state index contributed by atoms with van der Waals surface area (Å²) in [6.07, 6.45) is 1.79. The van der Waals surface area contributed by atoms with E-state index in [1.54, 1.807) is 37.5 Å². The zero-order valence-electron chi connectivity index (χ0n) is 17.8. The third kappa shape index (κ3) is 4.41. The first kappa shape index (κ1) is 21.6. The van der Waals surface area contributed by atoms with Crippen molar-refractivity contribution in [2.24, 2.45) is 0 Å². The Morgan fingerprint density at radius 3 is 2.40 bits per heavy atom. The second-order valence-electron chi connectivity index (χ2n) is 6.65. The second kappa shape index (κ2) is 9.63. The average molecular weight is 426 g/mol. The van der Waals surface area contributed by atoms with Crippen molar-refractivity contribution in [1.82, 2.24) is 5.32 Å². The lowest BCUT2D eigenvalue weighted by Gasteiger charge is -2.22. The molecule has 3 rings (SSSR count). The Morgan fingerprint density at radius 1 is 1.10 bits per heavy atom. The highest BCUT2D eigenvalue weighted by atomic mass is 32.1. The number of nitrogens with one attached hydrogen (secondary N) is 1. The molecule has 1 fully saturated rings. The SMILES string of the molecule is CCOc1cc(N(CC)CC)ccc1C=C1NC(=S)N(c2ccc(OC)cc2)C1=O. The zero-order valence-corrected chi connectivity index (χ0v) is 18.6. The second-order valence-corrected chi connectivity index (χ2v) is 7.04. The number of anilines is 2. The molecule has 0 spiro atoms. The molecular weight excluding hydrogens is 398 g/mol. The van der Waals surface area contributed by atoms with Crippen LogP contribution in [0.4, 0.5) is 11.4 Å². The minimum absolute atomic E-state index is 0.208. The van der Waals surface area contributed by atoms with E-state index < -0.39 is 0 Å². The Balaban J connectivity index is 1.92. The molecule has 7 heteroatoms. The summed E-state index contributed by atoms with van der Waals surface area (Å²) in [6.45, 7) is 8.54. The molecule has 0 aromatic heterocycles. The molecule has 1 aliphatic heterocycles. The first-order chi connectivity index (χ1) is 14.5. The van der Waals surface area contributed by atoms with Crippen molar-refractivity contribution in [2.45, 2.75) is 20.8 Å². The molecule has 0 unspecified atom stereocenters. The molecule has 0 saturated carbocycles. The van der Waals surface area contributed by atoms with Crippen LogP contribution in [0, 0.1) is 0 Å². The van der Waals surface area contributed by atoms with Crippen molar-refractivity contribution >= 4 is 40.7 Å². The van der Waals surface area contributed by atoms with Crippen LogP contribution in [0.1, 0.15) is 26.3 Å². The molecule has 2 aromatic carbocycles. The van der Waals surface area contributed by atoms with Crippen molar-refractivity contribution in [3.8, 4) is 11.5 Å². The maximum atomic E-state index is 13.0. The topological polar surface area (TPSA) is 54.0 Å². The van der Waals surface area contributed by atoms with Crippen LogP contribution in [0.25, 0.3) is 6.08 Å². The fourth-order valence-electron chi connectivity index (χ4n) is 3.36. The Kier molecular flexibility index (Phi) is 6.95. The predicted molar refractivity (Wildman–Crippen MR) is 125 cm³/mol. The molecule has 0 bridgehead atoms. The van der Waals surface area contributed by atoms with Crippen molar-refractivity contribution in [3.05, 3.63) is 53.7 Å². The normalized spacial score (nSPS) is 14.8. The molecule has 1 N–H and O–H groups in total. The number of ether oxygens (including phenoxy) is 2. The van der Waals surface area contributed by atoms with Gasteiger partial charge in [0.2, 0.25) is 0 Å². The standard InChI is InChI=1S/C23H27N3O3S/c1-5-25(6-2)18-9-8-16(21(15-18)29-7-3)14-20-22(27)26(23(30)24-20)17-10-12-19(28-4)13-11-17/h8-15H,5-7H2,1-4H3,(H,24,30). The summed E-state index contributed by atoms with van der Waals surface area (Å²) in [6, 6.07) is 13.2. The van der Waals surface area contributed by atoms with Crippen molar-refractivity contribution < 1.29 is 14.3 Å². The summed E-state index contributed by atoms with van der Waals surface area (Å²) in [5, 5.41) is 3.37. The summed E-state index contributed by atoms with van der Waals surface area (Å²) in [5.74, 6) is 1.24. The molecular formula is C23H27N3O3S. The highest BCUT2D eigenvalue weighted by Gasteiger charge is 2.32. The third-order valence-corrected chi connectivity index (χ3v) is 5.22. The van der Waals surface area contributed by atoms with Gasteiger partial charge in [-0.15, -0.1) is 0 Å². The molecule has 1 aliphatic rings. The Morgan fingerprint density at radius 2 is 1.80 bits per heavy atom. The zero-order chi connectivity index (χ0) is 21.7. The number of rotatable bonds is 8. The largest absolute Gasteiger partial charge is 0.497 e. The highest BCUT2D eigenvalue weighted by molar-refractivity contribution is 7.80. The van der Waals surface area contributed by atoms with Crippen LogP contribution < -0.4 is 24.6 Å². The van der Waals surface area contributed by atoms with Gasteiger partial charge in [-0.05, 0) is 75.5 Å². The summed E-state index contributed by atoms with van der Waals surface area (Å²) in [5.41, 5.74) is 3.01. The van der Waals surface area contributed by atoms with Gasteiger partial charge in [-0.3, -0.25) is 9.69 Å².